The van der Waals surface area contributed by atoms with E-state index in [1.807, 2.05) is 22.1 Å². The first-order chi connectivity index (χ1) is 16.4. The summed E-state index contributed by atoms with van der Waals surface area (Å²) in [6, 6.07) is 10.6. The number of hydrogen-bond acceptors (Lipinski definition) is 5. The first-order valence-electron chi connectivity index (χ1n) is 11.2. The maximum absolute atomic E-state index is 14.6. The minimum Gasteiger partial charge on any atom is -0.494 e. The zero-order chi connectivity index (χ0) is 23.9. The fourth-order valence-electron chi connectivity index (χ4n) is 5.13. The van der Waals surface area contributed by atoms with Gasteiger partial charge in [-0.1, -0.05) is 24.3 Å². The van der Waals surface area contributed by atoms with Crippen LogP contribution in [0.15, 0.2) is 66.1 Å². The first-order valence-corrected chi connectivity index (χ1v) is 11.2. The summed E-state index contributed by atoms with van der Waals surface area (Å²) in [7, 11) is 1.53. The van der Waals surface area contributed by atoms with Crippen LogP contribution in [-0.2, 0) is 12.7 Å². The van der Waals surface area contributed by atoms with Crippen molar-refractivity contribution in [2.75, 3.05) is 38.3 Å². The molecule has 0 spiro atoms. The maximum atomic E-state index is 14.6. The first kappa shape index (κ1) is 22.4. The Morgan fingerprint density at radius 2 is 1.94 bits per heavy atom. The van der Waals surface area contributed by atoms with E-state index in [0.717, 1.165) is 23.9 Å². The van der Waals surface area contributed by atoms with Gasteiger partial charge in [0.15, 0.2) is 0 Å². The van der Waals surface area contributed by atoms with Crippen LogP contribution in [-0.4, -0.2) is 49.3 Å². The molecule has 9 heteroatoms. The second kappa shape index (κ2) is 8.77. The zero-order valence-electron chi connectivity index (χ0n) is 18.8. The van der Waals surface area contributed by atoms with Gasteiger partial charge in [0, 0.05) is 25.7 Å². The molecular formula is C25H26F4N4O. The van der Waals surface area contributed by atoms with Crippen LogP contribution in [0.3, 0.4) is 0 Å². The molecule has 0 radical (unpaired) electrons. The van der Waals surface area contributed by atoms with Crippen LogP contribution < -0.4 is 15.0 Å². The number of rotatable bonds is 5. The molecule has 1 N–H and O–H groups in total. The van der Waals surface area contributed by atoms with E-state index in [0.29, 0.717) is 37.7 Å². The Bertz CT molecular complexity index is 1130. The monoisotopic (exact) mass is 474 g/mol. The highest BCUT2D eigenvalue weighted by Crippen LogP contribution is 2.38. The van der Waals surface area contributed by atoms with Gasteiger partial charge in [-0.15, -0.1) is 0 Å². The highest BCUT2D eigenvalue weighted by Gasteiger charge is 2.39. The van der Waals surface area contributed by atoms with E-state index in [2.05, 4.69) is 10.2 Å². The normalized spacial score (nSPS) is 20.1. The molecule has 0 bridgehead atoms. The van der Waals surface area contributed by atoms with Crippen LogP contribution in [0, 0.1) is 5.82 Å². The van der Waals surface area contributed by atoms with Crippen molar-refractivity contribution in [2.24, 2.45) is 0 Å². The van der Waals surface area contributed by atoms with Crippen molar-refractivity contribution >= 4 is 5.69 Å². The average molecular weight is 475 g/mol. The summed E-state index contributed by atoms with van der Waals surface area (Å²) >= 11 is 0. The number of halogens is 4. The van der Waals surface area contributed by atoms with Crippen molar-refractivity contribution < 1.29 is 22.3 Å². The van der Waals surface area contributed by atoms with E-state index >= 15 is 0 Å². The number of methoxy groups -OCH3 is 1. The second-order valence-electron chi connectivity index (χ2n) is 8.69. The van der Waals surface area contributed by atoms with Gasteiger partial charge >= 0.3 is 6.18 Å². The van der Waals surface area contributed by atoms with E-state index in [1.54, 1.807) is 24.3 Å². The van der Waals surface area contributed by atoms with Crippen LogP contribution in [0.1, 0.15) is 17.5 Å². The van der Waals surface area contributed by atoms with Crippen molar-refractivity contribution in [2.45, 2.75) is 25.2 Å². The molecule has 0 aromatic heterocycles. The summed E-state index contributed by atoms with van der Waals surface area (Å²) in [6.07, 6.45) is 0.248. The van der Waals surface area contributed by atoms with Gasteiger partial charge in [-0.3, -0.25) is 0 Å². The van der Waals surface area contributed by atoms with Crippen molar-refractivity contribution in [3.8, 4) is 5.75 Å². The second-order valence-corrected chi connectivity index (χ2v) is 8.69. The summed E-state index contributed by atoms with van der Waals surface area (Å²) in [5.74, 6) is 0.169. The van der Waals surface area contributed by atoms with Gasteiger partial charge in [-0.25, -0.2) is 4.39 Å². The number of nitrogens with one attached hydrogen (secondary N) is 1. The van der Waals surface area contributed by atoms with Gasteiger partial charge in [-0.2, -0.15) is 13.2 Å². The Labute approximate surface area is 195 Å². The minimum atomic E-state index is -4.40. The van der Waals surface area contributed by atoms with Gasteiger partial charge in [-0.05, 0) is 42.5 Å². The average Bonchev–Trinajstić information content (AvgIpc) is 3.44. The fourth-order valence-corrected chi connectivity index (χ4v) is 5.13. The van der Waals surface area contributed by atoms with E-state index < -0.39 is 11.7 Å². The Morgan fingerprint density at radius 3 is 2.74 bits per heavy atom. The molecular weight excluding hydrogens is 448 g/mol. The number of para-hydroxylation sites is 1. The van der Waals surface area contributed by atoms with E-state index in [-0.39, 0.29) is 24.0 Å². The summed E-state index contributed by atoms with van der Waals surface area (Å²) in [4.78, 5) is 6.23. The number of anilines is 1. The number of ether oxygens (including phenoxy) is 1. The number of benzene rings is 2. The lowest BCUT2D eigenvalue weighted by molar-refractivity contribution is -0.138. The van der Waals surface area contributed by atoms with Gasteiger partial charge in [0.1, 0.15) is 17.3 Å². The molecule has 5 nitrogen and oxygen atoms in total. The van der Waals surface area contributed by atoms with Crippen LogP contribution in [0.25, 0.3) is 0 Å². The summed E-state index contributed by atoms with van der Waals surface area (Å²) in [5.41, 5.74) is 2.09. The number of dihydropyridines is 1. The summed E-state index contributed by atoms with van der Waals surface area (Å²) < 4.78 is 60.7. The lowest BCUT2D eigenvalue weighted by Crippen LogP contribution is -2.38. The molecule has 0 amide bonds. The highest BCUT2D eigenvalue weighted by molar-refractivity contribution is 5.60. The molecule has 1 saturated heterocycles. The van der Waals surface area contributed by atoms with Crippen LogP contribution in [0.2, 0.25) is 0 Å². The third-order valence-electron chi connectivity index (χ3n) is 6.71. The molecule has 0 saturated carbocycles. The quantitative estimate of drug-likeness (QED) is 0.644. The number of allylic oxidation sites excluding steroid dienone is 1. The van der Waals surface area contributed by atoms with Crippen LogP contribution in [0.5, 0.6) is 5.75 Å². The van der Waals surface area contributed by atoms with Crippen molar-refractivity contribution in [1.82, 2.24) is 15.1 Å². The Balaban J connectivity index is 1.38. The minimum absolute atomic E-state index is 0.0972. The topological polar surface area (TPSA) is 31.0 Å². The van der Waals surface area contributed by atoms with E-state index in [1.165, 1.54) is 19.2 Å². The molecule has 1 fully saturated rings. The van der Waals surface area contributed by atoms with Gasteiger partial charge in [0.25, 0.3) is 0 Å². The van der Waals surface area contributed by atoms with Gasteiger partial charge in [0.2, 0.25) is 0 Å². The molecule has 5 rings (SSSR count). The Kier molecular flexibility index (Phi) is 5.79. The molecule has 34 heavy (non-hydrogen) atoms. The van der Waals surface area contributed by atoms with Crippen LogP contribution in [0.4, 0.5) is 23.2 Å². The highest BCUT2D eigenvalue weighted by atomic mass is 19.4. The predicted octanol–water partition coefficient (Wildman–Crippen LogP) is 4.54. The zero-order valence-corrected chi connectivity index (χ0v) is 18.8. The predicted molar refractivity (Wildman–Crippen MR) is 121 cm³/mol. The lowest BCUT2D eigenvalue weighted by atomic mass is 10.1. The van der Waals surface area contributed by atoms with Gasteiger partial charge in [0.05, 0.1) is 37.3 Å². The molecule has 3 aliphatic heterocycles. The molecule has 1 atom stereocenters. The van der Waals surface area contributed by atoms with Crippen molar-refractivity contribution in [3.05, 3.63) is 83.1 Å². The molecule has 3 heterocycles. The van der Waals surface area contributed by atoms with Crippen molar-refractivity contribution in [3.63, 3.8) is 0 Å². The molecule has 0 unspecified atom stereocenters. The number of nitrogens with zero attached hydrogens (tertiary/aromatic N) is 3. The molecule has 2 aromatic rings. The molecule has 0 aliphatic carbocycles. The third-order valence-corrected chi connectivity index (χ3v) is 6.71. The summed E-state index contributed by atoms with van der Waals surface area (Å²) in [6.45, 7) is 2.46. The Morgan fingerprint density at radius 1 is 1.12 bits per heavy atom. The van der Waals surface area contributed by atoms with Crippen LogP contribution >= 0.6 is 0 Å². The van der Waals surface area contributed by atoms with Crippen molar-refractivity contribution in [1.29, 1.82) is 0 Å². The largest absolute Gasteiger partial charge is 0.494 e. The molecule has 180 valence electrons. The van der Waals surface area contributed by atoms with E-state index in [9.17, 15) is 17.6 Å². The fraction of sp³-hybridized carbons (Fsp3) is 0.360. The number of hydrogen-bond donors (Lipinski definition) is 1. The third kappa shape index (κ3) is 4.03. The summed E-state index contributed by atoms with van der Waals surface area (Å²) in [5, 5.41) is 3.18. The SMILES string of the molecule is COc1cccc(F)c1N1CC[C@@H](N2CN(Cc3ccccc3C(F)(F)F)C3=C2C=CNC3)C1. The van der Waals surface area contributed by atoms with E-state index in [4.69, 9.17) is 4.74 Å². The molecule has 3 aliphatic rings. The smallest absolute Gasteiger partial charge is 0.416 e. The van der Waals surface area contributed by atoms with Gasteiger partial charge < -0.3 is 24.8 Å². The molecule has 2 aromatic carbocycles. The lowest BCUT2D eigenvalue weighted by Gasteiger charge is -2.30. The maximum Gasteiger partial charge on any atom is 0.416 e. The number of alkyl halides is 3. The standard InChI is InChI=1S/C25H26F4N4O/c1-34-23-8-4-7-20(26)24(23)31-12-10-18(15-31)33-16-32(22-13-30-11-9-21(22)33)14-17-5-2-3-6-19(17)25(27,28)29/h2-9,11,18,30H,10,12-16H2,1H3/t18-/m1/s1. The Hall–Kier alpha value is -3.36.